The number of halogens is 5. The maximum absolute atomic E-state index is 13.7. The minimum absolute atomic E-state index is 0.0294. The van der Waals surface area contributed by atoms with Crippen LogP contribution in [0.15, 0.2) is 18.2 Å². The zero-order valence-corrected chi connectivity index (χ0v) is 16.3. The van der Waals surface area contributed by atoms with Crippen molar-refractivity contribution in [1.29, 1.82) is 0 Å². The van der Waals surface area contributed by atoms with Crippen LogP contribution in [0.4, 0.5) is 22.0 Å². The van der Waals surface area contributed by atoms with Gasteiger partial charge in [-0.15, -0.1) is 0 Å². The number of hydrogen-bond donors (Lipinski definition) is 1. The van der Waals surface area contributed by atoms with Gasteiger partial charge in [0.2, 0.25) is 5.91 Å². The molecule has 3 rings (SSSR count). The fourth-order valence-electron chi connectivity index (χ4n) is 4.20. The standard InChI is InChI=1S/C20H24F5N3O2/c21-19(22)6-4-15(11-29)28(12-19)10-14(26)8-18(30)27-7-5-16-13(9-27)2-1-3-17(16)20(23,24)25/h1-3,11,14-15H,4-10,12,26H2/t14-,15?/m0/s1. The van der Waals surface area contributed by atoms with Crippen molar-refractivity contribution in [2.45, 2.75) is 56.4 Å². The lowest BCUT2D eigenvalue weighted by molar-refractivity contribution is -0.138. The van der Waals surface area contributed by atoms with Gasteiger partial charge in [-0.05, 0) is 30.0 Å². The summed E-state index contributed by atoms with van der Waals surface area (Å²) in [5, 5.41) is 0. The average molecular weight is 433 g/mol. The van der Waals surface area contributed by atoms with Crippen molar-refractivity contribution >= 4 is 12.2 Å². The van der Waals surface area contributed by atoms with Crippen molar-refractivity contribution in [2.24, 2.45) is 5.73 Å². The van der Waals surface area contributed by atoms with Crippen molar-refractivity contribution in [1.82, 2.24) is 9.80 Å². The lowest BCUT2D eigenvalue weighted by Gasteiger charge is -2.38. The van der Waals surface area contributed by atoms with Crippen LogP contribution in [0.25, 0.3) is 0 Å². The quantitative estimate of drug-likeness (QED) is 0.573. The van der Waals surface area contributed by atoms with Gasteiger partial charge in [0.25, 0.3) is 5.92 Å². The van der Waals surface area contributed by atoms with Crippen molar-refractivity contribution in [2.75, 3.05) is 19.6 Å². The highest BCUT2D eigenvalue weighted by molar-refractivity contribution is 5.77. The van der Waals surface area contributed by atoms with Crippen LogP contribution in [-0.2, 0) is 28.7 Å². The Balaban J connectivity index is 1.61. The summed E-state index contributed by atoms with van der Waals surface area (Å²) in [4.78, 5) is 26.5. The Morgan fingerprint density at radius 3 is 2.73 bits per heavy atom. The van der Waals surface area contributed by atoms with Crippen molar-refractivity contribution < 1.29 is 31.5 Å². The predicted molar refractivity (Wildman–Crippen MR) is 98.8 cm³/mol. The molecule has 1 amide bonds. The monoisotopic (exact) mass is 433 g/mol. The van der Waals surface area contributed by atoms with E-state index in [4.69, 9.17) is 5.73 Å². The first-order valence-electron chi connectivity index (χ1n) is 9.78. The SMILES string of the molecule is N[C@@H](CC(=O)N1CCc2c(cccc2C(F)(F)F)C1)CN1CC(F)(F)CCC1C=O. The van der Waals surface area contributed by atoms with Gasteiger partial charge in [-0.2, -0.15) is 13.2 Å². The topological polar surface area (TPSA) is 66.6 Å². The van der Waals surface area contributed by atoms with Crippen molar-refractivity contribution in [3.05, 3.63) is 34.9 Å². The van der Waals surface area contributed by atoms with Crippen LogP contribution in [-0.4, -0.2) is 59.6 Å². The number of benzene rings is 1. The summed E-state index contributed by atoms with van der Waals surface area (Å²) in [6, 6.07) is 2.49. The molecule has 166 valence electrons. The molecule has 2 N–H and O–H groups in total. The lowest BCUT2D eigenvalue weighted by Crippen LogP contribution is -2.53. The van der Waals surface area contributed by atoms with Gasteiger partial charge >= 0.3 is 6.18 Å². The van der Waals surface area contributed by atoms with Gasteiger partial charge in [0.05, 0.1) is 18.2 Å². The molecule has 0 saturated carbocycles. The van der Waals surface area contributed by atoms with E-state index in [2.05, 4.69) is 0 Å². The highest BCUT2D eigenvalue weighted by Gasteiger charge is 2.40. The van der Waals surface area contributed by atoms with Crippen LogP contribution in [0, 0.1) is 0 Å². The summed E-state index contributed by atoms with van der Waals surface area (Å²) in [6.07, 6.45) is -4.23. The number of nitrogens with two attached hydrogens (primary N) is 1. The molecule has 1 saturated heterocycles. The third-order valence-electron chi connectivity index (χ3n) is 5.70. The fraction of sp³-hybridized carbons (Fsp3) is 0.600. The molecule has 30 heavy (non-hydrogen) atoms. The second-order valence-corrected chi connectivity index (χ2v) is 8.00. The van der Waals surface area contributed by atoms with Gasteiger partial charge in [-0.25, -0.2) is 8.78 Å². The molecular weight excluding hydrogens is 409 g/mol. The first-order valence-corrected chi connectivity index (χ1v) is 9.78. The van der Waals surface area contributed by atoms with Crippen LogP contribution >= 0.6 is 0 Å². The summed E-state index contributed by atoms with van der Waals surface area (Å²) in [5.41, 5.74) is 5.95. The molecule has 1 aromatic carbocycles. The van der Waals surface area contributed by atoms with Gasteiger partial charge in [-0.3, -0.25) is 9.69 Å². The summed E-state index contributed by atoms with van der Waals surface area (Å²) < 4.78 is 66.8. The fourth-order valence-corrected chi connectivity index (χ4v) is 4.20. The molecule has 2 aliphatic rings. The number of likely N-dealkylation sites (tertiary alicyclic amines) is 1. The van der Waals surface area contributed by atoms with Gasteiger partial charge in [0.1, 0.15) is 6.29 Å². The highest BCUT2D eigenvalue weighted by atomic mass is 19.4. The Bertz CT molecular complexity index is 799. The number of hydrogen-bond acceptors (Lipinski definition) is 4. The molecule has 0 aliphatic carbocycles. The second-order valence-electron chi connectivity index (χ2n) is 8.00. The van der Waals surface area contributed by atoms with E-state index in [0.29, 0.717) is 11.8 Å². The van der Waals surface area contributed by atoms with E-state index in [1.54, 1.807) is 6.07 Å². The summed E-state index contributed by atoms with van der Waals surface area (Å²) >= 11 is 0. The molecule has 0 aromatic heterocycles. The van der Waals surface area contributed by atoms with Gasteiger partial charge in [0.15, 0.2) is 0 Å². The summed E-state index contributed by atoms with van der Waals surface area (Å²) in [7, 11) is 0. The largest absolute Gasteiger partial charge is 0.416 e. The van der Waals surface area contributed by atoms with Gasteiger partial charge < -0.3 is 15.4 Å². The minimum atomic E-state index is -4.45. The van der Waals surface area contributed by atoms with Gasteiger partial charge in [0, 0.05) is 38.5 Å². The number of carbonyl (C=O) groups is 2. The molecule has 2 aliphatic heterocycles. The van der Waals surface area contributed by atoms with Crippen LogP contribution < -0.4 is 5.73 Å². The number of nitrogens with zero attached hydrogens (tertiary/aromatic N) is 2. The summed E-state index contributed by atoms with van der Waals surface area (Å²) in [6.45, 7) is -0.447. The Kier molecular flexibility index (Phi) is 6.47. The smallest absolute Gasteiger partial charge is 0.338 e. The van der Waals surface area contributed by atoms with Gasteiger partial charge in [-0.1, -0.05) is 12.1 Å². The zero-order chi connectivity index (χ0) is 22.1. The number of piperidine rings is 1. The number of amides is 1. The highest BCUT2D eigenvalue weighted by Crippen LogP contribution is 2.35. The predicted octanol–water partition coefficient (Wildman–Crippen LogP) is 2.61. The number of alkyl halides is 5. The Morgan fingerprint density at radius 1 is 1.33 bits per heavy atom. The van der Waals surface area contributed by atoms with E-state index in [-0.39, 0.29) is 56.8 Å². The Hall–Kier alpha value is -2.07. The normalized spacial score (nSPS) is 23.0. The van der Waals surface area contributed by atoms with E-state index in [0.717, 1.165) is 6.07 Å². The Morgan fingerprint density at radius 2 is 2.07 bits per heavy atom. The van der Waals surface area contributed by atoms with Crippen molar-refractivity contribution in [3.8, 4) is 0 Å². The molecule has 1 unspecified atom stereocenters. The van der Waals surface area contributed by atoms with Crippen LogP contribution in [0.5, 0.6) is 0 Å². The van der Waals surface area contributed by atoms with Crippen molar-refractivity contribution in [3.63, 3.8) is 0 Å². The number of rotatable bonds is 5. The first-order chi connectivity index (χ1) is 14.0. The molecule has 0 bridgehead atoms. The van der Waals surface area contributed by atoms with E-state index in [9.17, 15) is 31.5 Å². The molecule has 2 heterocycles. The maximum atomic E-state index is 13.7. The first kappa shape index (κ1) is 22.6. The van der Waals surface area contributed by atoms with E-state index in [1.807, 2.05) is 0 Å². The minimum Gasteiger partial charge on any atom is -0.338 e. The second kappa shape index (κ2) is 8.58. The number of fused-ring (bicyclic) bond motifs is 1. The molecule has 0 radical (unpaired) electrons. The zero-order valence-electron chi connectivity index (χ0n) is 16.3. The summed E-state index contributed by atoms with van der Waals surface area (Å²) in [5.74, 6) is -3.26. The van der Waals surface area contributed by atoms with Crippen LogP contribution in [0.2, 0.25) is 0 Å². The van der Waals surface area contributed by atoms with Crippen LogP contribution in [0.3, 0.4) is 0 Å². The Labute approximate surface area is 171 Å². The molecule has 10 heteroatoms. The molecule has 1 aromatic rings. The molecule has 2 atom stereocenters. The molecular formula is C20H24F5N3O2. The molecule has 5 nitrogen and oxygen atoms in total. The average Bonchev–Trinajstić information content (AvgIpc) is 2.65. The lowest BCUT2D eigenvalue weighted by atomic mass is 9.93. The van der Waals surface area contributed by atoms with E-state index >= 15 is 0 Å². The maximum Gasteiger partial charge on any atom is 0.416 e. The van der Waals surface area contributed by atoms with E-state index < -0.39 is 36.3 Å². The number of aldehydes is 1. The molecule has 0 spiro atoms. The van der Waals surface area contributed by atoms with E-state index in [1.165, 1.54) is 15.9 Å². The van der Waals surface area contributed by atoms with Crippen LogP contribution in [0.1, 0.15) is 36.0 Å². The molecule has 1 fully saturated rings. The number of carbonyl (C=O) groups excluding carboxylic acids is 2. The third-order valence-corrected chi connectivity index (χ3v) is 5.70. The third kappa shape index (κ3) is 5.15.